The molecular weight excluding hydrogens is 258 g/mol. The van der Waals surface area contributed by atoms with Crippen molar-refractivity contribution in [1.82, 2.24) is 0 Å². The van der Waals surface area contributed by atoms with Gasteiger partial charge in [0.2, 0.25) is 0 Å². The first-order valence-electron chi connectivity index (χ1n) is 6.74. The van der Waals surface area contributed by atoms with E-state index < -0.39 is 4.92 Å². The third kappa shape index (κ3) is 2.73. The molecule has 0 unspecified atom stereocenters. The molecule has 0 aliphatic heterocycles. The van der Waals surface area contributed by atoms with Crippen LogP contribution in [0.1, 0.15) is 31.2 Å². The van der Waals surface area contributed by atoms with Crippen LogP contribution in [0.5, 0.6) is 0 Å². The fourth-order valence-corrected chi connectivity index (χ4v) is 2.87. The summed E-state index contributed by atoms with van der Waals surface area (Å²) in [5, 5.41) is 29.6. The van der Waals surface area contributed by atoms with Crippen LogP contribution in [0.15, 0.2) is 18.2 Å². The first-order chi connectivity index (χ1) is 9.69. The van der Waals surface area contributed by atoms with E-state index in [1.807, 2.05) is 11.0 Å². The lowest BCUT2D eigenvalue weighted by Gasteiger charge is -2.30. The summed E-state index contributed by atoms with van der Waals surface area (Å²) >= 11 is 0. The van der Waals surface area contributed by atoms with E-state index in [1.54, 1.807) is 12.1 Å². The van der Waals surface area contributed by atoms with Crippen molar-refractivity contribution in [3.8, 4) is 6.07 Å². The van der Waals surface area contributed by atoms with Crippen molar-refractivity contribution in [3.05, 3.63) is 33.9 Å². The van der Waals surface area contributed by atoms with Crippen molar-refractivity contribution in [2.24, 2.45) is 0 Å². The number of para-hydroxylation sites is 1. The zero-order valence-electron chi connectivity index (χ0n) is 11.2. The van der Waals surface area contributed by atoms with Crippen LogP contribution in [-0.2, 0) is 0 Å². The number of aliphatic hydroxyl groups excluding tert-OH is 1. The summed E-state index contributed by atoms with van der Waals surface area (Å²) in [5.41, 5.74) is 0.346. The number of benzene rings is 1. The van der Waals surface area contributed by atoms with Crippen molar-refractivity contribution in [2.75, 3.05) is 18.1 Å². The second-order valence-electron chi connectivity index (χ2n) is 4.90. The average Bonchev–Trinajstić information content (AvgIpc) is 2.97. The number of aliphatic hydroxyl groups is 1. The molecule has 1 aromatic carbocycles. The molecule has 1 saturated carbocycles. The Morgan fingerprint density at radius 3 is 2.70 bits per heavy atom. The van der Waals surface area contributed by atoms with Gasteiger partial charge in [-0.05, 0) is 25.0 Å². The molecule has 0 atom stereocenters. The minimum atomic E-state index is -0.507. The van der Waals surface area contributed by atoms with Crippen LogP contribution in [0.4, 0.5) is 11.4 Å². The van der Waals surface area contributed by atoms with Gasteiger partial charge >= 0.3 is 5.69 Å². The van der Waals surface area contributed by atoms with Gasteiger partial charge in [0.05, 0.1) is 11.5 Å². The molecule has 6 nitrogen and oxygen atoms in total. The van der Waals surface area contributed by atoms with E-state index in [1.165, 1.54) is 6.07 Å². The molecule has 106 valence electrons. The third-order valence-electron chi connectivity index (χ3n) is 3.73. The Hall–Kier alpha value is -2.13. The topological polar surface area (TPSA) is 90.4 Å². The van der Waals surface area contributed by atoms with Crippen LogP contribution in [0.3, 0.4) is 0 Å². The van der Waals surface area contributed by atoms with Crippen molar-refractivity contribution in [2.45, 2.75) is 31.7 Å². The van der Waals surface area contributed by atoms with Crippen LogP contribution in [0, 0.1) is 21.4 Å². The first kappa shape index (κ1) is 14.3. The molecule has 2 rings (SSSR count). The largest absolute Gasteiger partial charge is 0.395 e. The molecule has 20 heavy (non-hydrogen) atoms. The smallest absolute Gasteiger partial charge is 0.310 e. The van der Waals surface area contributed by atoms with Crippen LogP contribution in [0.2, 0.25) is 0 Å². The highest BCUT2D eigenvalue weighted by molar-refractivity contribution is 5.70. The Balaban J connectivity index is 2.47. The van der Waals surface area contributed by atoms with Gasteiger partial charge in [0.1, 0.15) is 17.3 Å². The van der Waals surface area contributed by atoms with E-state index in [0.29, 0.717) is 12.2 Å². The third-order valence-corrected chi connectivity index (χ3v) is 3.73. The average molecular weight is 275 g/mol. The molecule has 1 N–H and O–H groups in total. The Morgan fingerprint density at radius 2 is 2.15 bits per heavy atom. The quantitative estimate of drug-likeness (QED) is 0.657. The van der Waals surface area contributed by atoms with Crippen molar-refractivity contribution >= 4 is 11.4 Å². The highest BCUT2D eigenvalue weighted by Crippen LogP contribution is 2.36. The van der Waals surface area contributed by atoms with Gasteiger partial charge in [0, 0.05) is 12.6 Å². The summed E-state index contributed by atoms with van der Waals surface area (Å²) < 4.78 is 0. The van der Waals surface area contributed by atoms with Crippen LogP contribution < -0.4 is 4.90 Å². The lowest BCUT2D eigenvalue weighted by atomic mass is 10.1. The number of nitrogens with zero attached hydrogens (tertiary/aromatic N) is 3. The fraction of sp³-hybridized carbons (Fsp3) is 0.500. The lowest BCUT2D eigenvalue weighted by molar-refractivity contribution is -0.384. The van der Waals surface area contributed by atoms with Crippen LogP contribution in [0.25, 0.3) is 0 Å². The monoisotopic (exact) mass is 275 g/mol. The van der Waals surface area contributed by atoms with E-state index in [2.05, 4.69) is 0 Å². The summed E-state index contributed by atoms with van der Waals surface area (Å²) in [6, 6.07) is 6.84. The van der Waals surface area contributed by atoms with Gasteiger partial charge in [0.15, 0.2) is 0 Å². The lowest BCUT2D eigenvalue weighted by Crippen LogP contribution is -2.36. The normalized spacial score (nSPS) is 15.0. The fourth-order valence-electron chi connectivity index (χ4n) is 2.87. The molecule has 1 aliphatic carbocycles. The molecule has 0 spiro atoms. The van der Waals surface area contributed by atoms with Gasteiger partial charge in [-0.3, -0.25) is 10.1 Å². The molecule has 1 fully saturated rings. The predicted octanol–water partition coefficient (Wildman–Crippen LogP) is 2.21. The van der Waals surface area contributed by atoms with Crippen molar-refractivity contribution in [3.63, 3.8) is 0 Å². The summed E-state index contributed by atoms with van der Waals surface area (Å²) in [7, 11) is 0. The highest BCUT2D eigenvalue weighted by atomic mass is 16.6. The van der Waals surface area contributed by atoms with Gasteiger partial charge in [-0.1, -0.05) is 18.9 Å². The Morgan fingerprint density at radius 1 is 1.45 bits per heavy atom. The maximum Gasteiger partial charge on any atom is 0.310 e. The van der Waals surface area contributed by atoms with Crippen molar-refractivity contribution < 1.29 is 10.0 Å². The minimum absolute atomic E-state index is 0.0634. The van der Waals surface area contributed by atoms with Crippen LogP contribution in [-0.4, -0.2) is 29.2 Å². The molecule has 0 amide bonds. The number of nitro benzene ring substituents is 1. The first-order valence-corrected chi connectivity index (χ1v) is 6.74. The number of nitro groups is 1. The highest BCUT2D eigenvalue weighted by Gasteiger charge is 2.29. The molecular formula is C14H17N3O3. The predicted molar refractivity (Wildman–Crippen MR) is 74.5 cm³/mol. The molecule has 0 saturated heterocycles. The van der Waals surface area contributed by atoms with Gasteiger partial charge in [-0.15, -0.1) is 0 Å². The number of nitriles is 1. The van der Waals surface area contributed by atoms with E-state index in [0.717, 1.165) is 25.7 Å². The summed E-state index contributed by atoms with van der Waals surface area (Å²) in [6.07, 6.45) is 4.12. The molecule has 0 radical (unpaired) electrons. The van der Waals surface area contributed by atoms with E-state index in [9.17, 15) is 15.2 Å². The number of rotatable bonds is 5. The SMILES string of the molecule is N#Cc1cccc(N(CCO)C2CCCC2)c1[N+](=O)[O-]. The van der Waals surface area contributed by atoms with Crippen LogP contribution >= 0.6 is 0 Å². The van der Waals surface area contributed by atoms with E-state index in [4.69, 9.17) is 5.26 Å². The molecule has 6 heteroatoms. The van der Waals surface area contributed by atoms with E-state index in [-0.39, 0.29) is 23.9 Å². The summed E-state index contributed by atoms with van der Waals surface area (Å²) in [5.74, 6) is 0. The number of hydrogen-bond donors (Lipinski definition) is 1. The summed E-state index contributed by atoms with van der Waals surface area (Å²) in [6.45, 7) is 0.283. The number of hydrogen-bond acceptors (Lipinski definition) is 5. The molecule has 1 aliphatic rings. The Bertz CT molecular complexity index is 533. The molecule has 0 aromatic heterocycles. The molecule has 1 aromatic rings. The minimum Gasteiger partial charge on any atom is -0.395 e. The van der Waals surface area contributed by atoms with Gasteiger partial charge in [-0.2, -0.15) is 5.26 Å². The second-order valence-corrected chi connectivity index (χ2v) is 4.90. The van der Waals surface area contributed by atoms with Crippen molar-refractivity contribution in [1.29, 1.82) is 5.26 Å². The standard InChI is InChI=1S/C14H17N3O3/c15-10-11-4-3-7-13(14(11)17(19)20)16(8-9-18)12-5-1-2-6-12/h3-4,7,12,18H,1-2,5-6,8-9H2. The second kappa shape index (κ2) is 6.35. The van der Waals surface area contributed by atoms with Gasteiger partial charge < -0.3 is 10.0 Å². The Kier molecular flexibility index (Phi) is 4.53. The zero-order chi connectivity index (χ0) is 14.5. The maximum absolute atomic E-state index is 11.3. The van der Waals surface area contributed by atoms with Gasteiger partial charge in [0.25, 0.3) is 0 Å². The van der Waals surface area contributed by atoms with E-state index >= 15 is 0 Å². The maximum atomic E-state index is 11.3. The zero-order valence-corrected chi connectivity index (χ0v) is 11.2. The number of anilines is 1. The van der Waals surface area contributed by atoms with Gasteiger partial charge in [-0.25, -0.2) is 0 Å². The summed E-state index contributed by atoms with van der Waals surface area (Å²) in [4.78, 5) is 12.7. The molecule has 0 heterocycles. The molecule has 0 bridgehead atoms. The Labute approximate surface area is 117 Å².